The standard InChI is InChI=1S/C16H22NO2/c18-16(19-15-10-6-3-7-11-15)17-13-12-14-8-4-1-2-5-9-14/h3,6-7,10-11,14H,1-2,4-5,8-9,12-13H2. The van der Waals surface area contributed by atoms with Gasteiger partial charge in [0.2, 0.25) is 0 Å². The van der Waals surface area contributed by atoms with Gasteiger partial charge < -0.3 is 4.74 Å². The Hall–Kier alpha value is -1.51. The summed E-state index contributed by atoms with van der Waals surface area (Å²) in [6.07, 6.45) is 8.53. The molecule has 103 valence electrons. The van der Waals surface area contributed by atoms with Crippen molar-refractivity contribution in [3.8, 4) is 5.75 Å². The summed E-state index contributed by atoms with van der Waals surface area (Å²) in [5, 5.41) is 3.98. The van der Waals surface area contributed by atoms with Crippen LogP contribution in [0.1, 0.15) is 44.9 Å². The van der Waals surface area contributed by atoms with Gasteiger partial charge in [-0.3, -0.25) is 0 Å². The van der Waals surface area contributed by atoms with Crippen molar-refractivity contribution < 1.29 is 9.53 Å². The normalized spacial score (nSPS) is 16.6. The molecule has 0 bridgehead atoms. The Morgan fingerprint density at radius 3 is 2.47 bits per heavy atom. The highest BCUT2D eigenvalue weighted by molar-refractivity contribution is 5.69. The van der Waals surface area contributed by atoms with E-state index in [4.69, 9.17) is 4.74 Å². The van der Waals surface area contributed by atoms with Gasteiger partial charge in [0.1, 0.15) is 5.75 Å². The highest BCUT2D eigenvalue weighted by Crippen LogP contribution is 2.24. The van der Waals surface area contributed by atoms with Crippen molar-refractivity contribution in [2.75, 3.05) is 6.54 Å². The minimum Gasteiger partial charge on any atom is -0.409 e. The molecule has 0 unspecified atom stereocenters. The van der Waals surface area contributed by atoms with Gasteiger partial charge in [-0.2, -0.15) is 0 Å². The summed E-state index contributed by atoms with van der Waals surface area (Å²) in [6.45, 7) is 0.594. The Kier molecular flexibility index (Phi) is 5.73. The van der Waals surface area contributed by atoms with Crippen molar-refractivity contribution in [1.82, 2.24) is 5.32 Å². The van der Waals surface area contributed by atoms with Gasteiger partial charge in [-0.25, -0.2) is 10.1 Å². The van der Waals surface area contributed by atoms with Crippen molar-refractivity contribution in [1.29, 1.82) is 0 Å². The minimum atomic E-state index is -0.472. The SMILES string of the molecule is O=C([N]CCC1CCCCCC1)Oc1ccccc1. The number of hydrogen-bond acceptors (Lipinski definition) is 2. The zero-order valence-corrected chi connectivity index (χ0v) is 11.4. The van der Waals surface area contributed by atoms with Gasteiger partial charge in [0, 0.05) is 6.54 Å². The molecule has 3 nitrogen and oxygen atoms in total. The van der Waals surface area contributed by atoms with Gasteiger partial charge >= 0.3 is 6.09 Å². The van der Waals surface area contributed by atoms with E-state index in [1.807, 2.05) is 18.2 Å². The van der Waals surface area contributed by atoms with Crippen LogP contribution >= 0.6 is 0 Å². The van der Waals surface area contributed by atoms with Crippen LogP contribution in [0.5, 0.6) is 5.75 Å². The lowest BCUT2D eigenvalue weighted by Gasteiger charge is -2.12. The summed E-state index contributed by atoms with van der Waals surface area (Å²) in [7, 11) is 0. The van der Waals surface area contributed by atoms with Gasteiger partial charge in [-0.1, -0.05) is 56.7 Å². The Morgan fingerprint density at radius 1 is 1.11 bits per heavy atom. The molecule has 1 saturated carbocycles. The topological polar surface area (TPSA) is 40.4 Å². The number of hydrogen-bond donors (Lipinski definition) is 0. The summed E-state index contributed by atoms with van der Waals surface area (Å²) in [6, 6.07) is 9.10. The summed E-state index contributed by atoms with van der Waals surface area (Å²) in [5.74, 6) is 1.31. The molecule has 0 spiro atoms. The molecule has 0 N–H and O–H groups in total. The summed E-state index contributed by atoms with van der Waals surface area (Å²) in [5.41, 5.74) is 0. The molecule has 3 heteroatoms. The predicted octanol–water partition coefficient (Wildman–Crippen LogP) is 4.15. The maximum Gasteiger partial charge on any atom is 0.434 e. The lowest BCUT2D eigenvalue weighted by molar-refractivity contribution is 0.198. The van der Waals surface area contributed by atoms with Crippen LogP contribution in [-0.4, -0.2) is 12.6 Å². The molecule has 2 rings (SSSR count). The van der Waals surface area contributed by atoms with Crippen LogP contribution in [0.25, 0.3) is 0 Å². The first kappa shape index (κ1) is 13.9. The Labute approximate surface area is 115 Å². The number of carbonyl (C=O) groups excluding carboxylic acids is 1. The third-order valence-corrected chi connectivity index (χ3v) is 3.70. The van der Waals surface area contributed by atoms with Gasteiger partial charge in [0.15, 0.2) is 0 Å². The third-order valence-electron chi connectivity index (χ3n) is 3.70. The van der Waals surface area contributed by atoms with Crippen LogP contribution in [0.4, 0.5) is 4.79 Å². The van der Waals surface area contributed by atoms with Crippen LogP contribution < -0.4 is 10.1 Å². The number of nitrogens with zero attached hydrogens (tertiary/aromatic N) is 1. The molecule has 1 aromatic rings. The first-order valence-electron chi connectivity index (χ1n) is 7.29. The van der Waals surface area contributed by atoms with E-state index in [0.717, 1.165) is 12.3 Å². The molecule has 0 atom stereocenters. The van der Waals surface area contributed by atoms with E-state index in [2.05, 4.69) is 5.32 Å². The van der Waals surface area contributed by atoms with Gasteiger partial charge in [0.25, 0.3) is 0 Å². The van der Waals surface area contributed by atoms with E-state index < -0.39 is 6.09 Å². The number of amides is 1. The fourth-order valence-electron chi connectivity index (χ4n) is 2.61. The van der Waals surface area contributed by atoms with E-state index in [1.165, 1.54) is 38.5 Å². The monoisotopic (exact) mass is 260 g/mol. The number of benzene rings is 1. The molecule has 1 aliphatic carbocycles. The summed E-state index contributed by atoms with van der Waals surface area (Å²) < 4.78 is 5.12. The average molecular weight is 260 g/mol. The second-order valence-corrected chi connectivity index (χ2v) is 5.21. The molecule has 1 amide bonds. The van der Waals surface area contributed by atoms with Crippen molar-refractivity contribution in [3.05, 3.63) is 30.3 Å². The Bertz CT molecular complexity index is 370. The van der Waals surface area contributed by atoms with Crippen molar-refractivity contribution in [3.63, 3.8) is 0 Å². The van der Waals surface area contributed by atoms with Gasteiger partial charge in [-0.15, -0.1) is 0 Å². The second-order valence-electron chi connectivity index (χ2n) is 5.21. The summed E-state index contributed by atoms with van der Waals surface area (Å²) >= 11 is 0. The first-order chi connectivity index (χ1) is 9.34. The molecule has 0 aliphatic heterocycles. The number of para-hydroxylation sites is 1. The largest absolute Gasteiger partial charge is 0.434 e. The first-order valence-corrected chi connectivity index (χ1v) is 7.29. The van der Waals surface area contributed by atoms with E-state index >= 15 is 0 Å². The quantitative estimate of drug-likeness (QED) is 0.763. The third kappa shape index (κ3) is 5.33. The molecule has 1 radical (unpaired) electrons. The molecule has 19 heavy (non-hydrogen) atoms. The lowest BCUT2D eigenvalue weighted by atomic mass is 9.97. The maximum absolute atomic E-state index is 11.5. The molecule has 1 aliphatic rings. The Balaban J connectivity index is 1.63. The van der Waals surface area contributed by atoms with E-state index in [-0.39, 0.29) is 0 Å². The minimum absolute atomic E-state index is 0.472. The number of carbonyl (C=O) groups is 1. The number of ether oxygens (including phenoxy) is 1. The van der Waals surface area contributed by atoms with Crippen LogP contribution in [0.3, 0.4) is 0 Å². The van der Waals surface area contributed by atoms with Crippen LogP contribution in [-0.2, 0) is 0 Å². The lowest BCUT2D eigenvalue weighted by Crippen LogP contribution is -2.22. The highest BCUT2D eigenvalue weighted by Gasteiger charge is 2.13. The molecular weight excluding hydrogens is 238 g/mol. The average Bonchev–Trinajstić information content (AvgIpc) is 2.68. The molecule has 0 heterocycles. The molecule has 0 saturated heterocycles. The Morgan fingerprint density at radius 2 is 1.79 bits per heavy atom. The maximum atomic E-state index is 11.5. The van der Waals surface area contributed by atoms with Crippen molar-refractivity contribution >= 4 is 6.09 Å². The van der Waals surface area contributed by atoms with E-state index in [0.29, 0.717) is 12.3 Å². The molecule has 1 fully saturated rings. The fourth-order valence-corrected chi connectivity index (χ4v) is 2.61. The number of rotatable bonds is 4. The zero-order valence-electron chi connectivity index (χ0n) is 11.4. The zero-order chi connectivity index (χ0) is 13.3. The van der Waals surface area contributed by atoms with Gasteiger partial charge in [0.05, 0.1) is 0 Å². The predicted molar refractivity (Wildman–Crippen MR) is 75.3 cm³/mol. The summed E-state index contributed by atoms with van der Waals surface area (Å²) in [4.78, 5) is 11.5. The fraction of sp³-hybridized carbons (Fsp3) is 0.562. The molecule has 1 aromatic carbocycles. The molecular formula is C16H22NO2. The van der Waals surface area contributed by atoms with Crippen molar-refractivity contribution in [2.45, 2.75) is 44.9 Å². The van der Waals surface area contributed by atoms with Crippen LogP contribution in [0.15, 0.2) is 30.3 Å². The second kappa shape index (κ2) is 7.82. The van der Waals surface area contributed by atoms with E-state index in [9.17, 15) is 4.79 Å². The van der Waals surface area contributed by atoms with Crippen molar-refractivity contribution in [2.24, 2.45) is 5.92 Å². The van der Waals surface area contributed by atoms with E-state index in [1.54, 1.807) is 12.1 Å². The molecule has 0 aromatic heterocycles. The van der Waals surface area contributed by atoms with Gasteiger partial charge in [-0.05, 0) is 24.5 Å². The van der Waals surface area contributed by atoms with Crippen LogP contribution in [0.2, 0.25) is 0 Å². The highest BCUT2D eigenvalue weighted by atomic mass is 16.5. The van der Waals surface area contributed by atoms with Crippen LogP contribution in [0, 0.1) is 5.92 Å². The smallest absolute Gasteiger partial charge is 0.409 e.